The van der Waals surface area contributed by atoms with E-state index < -0.39 is 6.10 Å². The molecule has 4 nitrogen and oxygen atoms in total. The Kier molecular flexibility index (Phi) is 6.97. The van der Waals surface area contributed by atoms with Gasteiger partial charge in [0.05, 0.1) is 6.10 Å². The van der Waals surface area contributed by atoms with E-state index in [0.717, 1.165) is 30.4 Å². The second kappa shape index (κ2) is 8.53. The zero-order chi connectivity index (χ0) is 14.1. The molecule has 1 rings (SSSR count). The summed E-state index contributed by atoms with van der Waals surface area (Å²) in [6.07, 6.45) is 2.58. The van der Waals surface area contributed by atoms with E-state index in [-0.39, 0.29) is 12.6 Å². The number of benzene rings is 1. The number of unbranched alkanes of at least 4 members (excludes halogenated alkanes) is 2. The molecule has 0 fully saturated rings. The first-order valence-electron chi connectivity index (χ1n) is 6.89. The van der Waals surface area contributed by atoms with E-state index in [9.17, 15) is 9.90 Å². The summed E-state index contributed by atoms with van der Waals surface area (Å²) in [6, 6.07) is 7.43. The van der Waals surface area contributed by atoms with Crippen LogP contribution in [-0.2, 0) is 0 Å². The molecule has 3 N–H and O–H groups in total. The first kappa shape index (κ1) is 15.5. The van der Waals surface area contributed by atoms with Gasteiger partial charge in [0, 0.05) is 13.1 Å². The summed E-state index contributed by atoms with van der Waals surface area (Å²) in [5.41, 5.74) is 1.97. The normalized spacial score (nSPS) is 11.9. The van der Waals surface area contributed by atoms with Crippen LogP contribution in [0.3, 0.4) is 0 Å². The highest BCUT2D eigenvalue weighted by Gasteiger charge is 2.08. The van der Waals surface area contributed by atoms with Crippen LogP contribution in [0.2, 0.25) is 0 Å². The molecule has 0 radical (unpaired) electrons. The molecule has 0 aromatic heterocycles. The van der Waals surface area contributed by atoms with Gasteiger partial charge in [0.25, 0.3) is 0 Å². The summed E-state index contributed by atoms with van der Waals surface area (Å²) in [7, 11) is 0. The zero-order valence-electron chi connectivity index (χ0n) is 11.8. The van der Waals surface area contributed by atoms with E-state index in [2.05, 4.69) is 17.6 Å². The molecule has 0 aliphatic rings. The summed E-state index contributed by atoms with van der Waals surface area (Å²) in [5, 5.41) is 15.4. The lowest BCUT2D eigenvalue weighted by Gasteiger charge is -2.13. The molecule has 1 atom stereocenters. The van der Waals surface area contributed by atoms with Crippen molar-refractivity contribution in [3.05, 3.63) is 35.4 Å². The highest BCUT2D eigenvalue weighted by Crippen LogP contribution is 2.12. The molecule has 0 bridgehead atoms. The first-order chi connectivity index (χ1) is 9.13. The molecule has 0 heterocycles. The van der Waals surface area contributed by atoms with E-state index >= 15 is 0 Å². The number of rotatable bonds is 7. The van der Waals surface area contributed by atoms with Gasteiger partial charge in [-0.15, -0.1) is 0 Å². The van der Waals surface area contributed by atoms with Crippen molar-refractivity contribution in [2.45, 2.75) is 39.2 Å². The second-order valence-corrected chi connectivity index (χ2v) is 4.77. The van der Waals surface area contributed by atoms with Gasteiger partial charge in [-0.05, 0) is 18.9 Å². The van der Waals surface area contributed by atoms with Crippen LogP contribution in [0.5, 0.6) is 0 Å². The van der Waals surface area contributed by atoms with Crippen molar-refractivity contribution in [1.82, 2.24) is 10.6 Å². The summed E-state index contributed by atoms with van der Waals surface area (Å²) in [4.78, 5) is 11.5. The summed E-state index contributed by atoms with van der Waals surface area (Å²) < 4.78 is 0. The smallest absolute Gasteiger partial charge is 0.314 e. The van der Waals surface area contributed by atoms with Gasteiger partial charge < -0.3 is 15.7 Å². The number of urea groups is 1. The predicted molar refractivity (Wildman–Crippen MR) is 77.1 cm³/mol. The zero-order valence-corrected chi connectivity index (χ0v) is 11.8. The third-order valence-electron chi connectivity index (χ3n) is 2.98. The predicted octanol–water partition coefficient (Wildman–Crippen LogP) is 2.52. The molecule has 0 aliphatic heterocycles. The van der Waals surface area contributed by atoms with Crippen molar-refractivity contribution in [2.75, 3.05) is 13.1 Å². The Morgan fingerprint density at radius 1 is 1.21 bits per heavy atom. The minimum Gasteiger partial charge on any atom is -0.387 e. The summed E-state index contributed by atoms with van der Waals surface area (Å²) in [6.45, 7) is 5.03. The Labute approximate surface area is 115 Å². The van der Waals surface area contributed by atoms with Crippen molar-refractivity contribution in [2.24, 2.45) is 0 Å². The number of nitrogens with one attached hydrogen (secondary N) is 2. The van der Waals surface area contributed by atoms with Crippen molar-refractivity contribution in [1.29, 1.82) is 0 Å². The molecular formula is C15H24N2O2. The van der Waals surface area contributed by atoms with Crippen LogP contribution >= 0.6 is 0 Å². The fourth-order valence-corrected chi connectivity index (χ4v) is 1.74. The molecule has 1 aromatic carbocycles. The number of aryl methyl sites for hydroxylation is 1. The van der Waals surface area contributed by atoms with Crippen LogP contribution in [0.4, 0.5) is 4.79 Å². The summed E-state index contributed by atoms with van der Waals surface area (Å²) >= 11 is 0. The van der Waals surface area contributed by atoms with Crippen LogP contribution in [0.15, 0.2) is 24.3 Å². The molecule has 0 aliphatic carbocycles. The van der Waals surface area contributed by atoms with Crippen molar-refractivity contribution in [3.8, 4) is 0 Å². The standard InChI is InChI=1S/C15H24N2O2/c1-3-4-5-10-16-15(19)17-11-14(18)13-8-6-12(2)7-9-13/h6-9,14,18H,3-5,10-11H2,1-2H3,(H2,16,17,19). The minimum atomic E-state index is -0.665. The van der Waals surface area contributed by atoms with Gasteiger partial charge in [0.1, 0.15) is 0 Å². The number of aliphatic hydroxyl groups is 1. The average Bonchev–Trinajstić information content (AvgIpc) is 2.42. The monoisotopic (exact) mass is 264 g/mol. The maximum absolute atomic E-state index is 11.5. The maximum Gasteiger partial charge on any atom is 0.314 e. The number of carbonyl (C=O) groups excluding carboxylic acids is 1. The molecule has 106 valence electrons. The van der Waals surface area contributed by atoms with E-state index in [1.165, 1.54) is 0 Å². The Bertz CT molecular complexity index is 376. The largest absolute Gasteiger partial charge is 0.387 e. The third kappa shape index (κ3) is 6.25. The lowest BCUT2D eigenvalue weighted by molar-refractivity contribution is 0.173. The lowest BCUT2D eigenvalue weighted by Crippen LogP contribution is -2.38. The quantitative estimate of drug-likeness (QED) is 0.663. The fourth-order valence-electron chi connectivity index (χ4n) is 1.74. The van der Waals surface area contributed by atoms with Crippen molar-refractivity contribution >= 4 is 6.03 Å². The van der Waals surface area contributed by atoms with E-state index in [0.29, 0.717) is 6.54 Å². The number of carbonyl (C=O) groups is 1. The van der Waals surface area contributed by atoms with Crippen LogP contribution in [0.1, 0.15) is 43.4 Å². The van der Waals surface area contributed by atoms with Crippen LogP contribution < -0.4 is 10.6 Å². The topological polar surface area (TPSA) is 61.4 Å². The first-order valence-corrected chi connectivity index (χ1v) is 6.89. The molecule has 19 heavy (non-hydrogen) atoms. The molecule has 4 heteroatoms. The van der Waals surface area contributed by atoms with Crippen molar-refractivity contribution < 1.29 is 9.90 Å². The van der Waals surface area contributed by atoms with Gasteiger partial charge in [-0.1, -0.05) is 49.6 Å². The Morgan fingerprint density at radius 3 is 2.53 bits per heavy atom. The van der Waals surface area contributed by atoms with Gasteiger partial charge in [0.2, 0.25) is 0 Å². The average molecular weight is 264 g/mol. The Balaban J connectivity index is 2.24. The molecule has 1 aromatic rings. The Hall–Kier alpha value is -1.55. The van der Waals surface area contributed by atoms with Gasteiger partial charge >= 0.3 is 6.03 Å². The Morgan fingerprint density at radius 2 is 1.89 bits per heavy atom. The number of amides is 2. The number of aliphatic hydroxyl groups excluding tert-OH is 1. The van der Waals surface area contributed by atoms with E-state index in [1.54, 1.807) is 0 Å². The molecule has 0 saturated heterocycles. The van der Waals surface area contributed by atoms with Crippen LogP contribution in [-0.4, -0.2) is 24.2 Å². The molecule has 0 spiro atoms. The number of hydrogen-bond donors (Lipinski definition) is 3. The molecule has 1 unspecified atom stereocenters. The summed E-state index contributed by atoms with van der Waals surface area (Å²) in [5.74, 6) is 0. The SMILES string of the molecule is CCCCCNC(=O)NCC(O)c1ccc(C)cc1. The van der Waals surface area contributed by atoms with Gasteiger partial charge in [-0.25, -0.2) is 4.79 Å². The highest BCUT2D eigenvalue weighted by molar-refractivity contribution is 5.73. The highest BCUT2D eigenvalue weighted by atomic mass is 16.3. The molecule has 2 amide bonds. The van der Waals surface area contributed by atoms with E-state index in [4.69, 9.17) is 0 Å². The second-order valence-electron chi connectivity index (χ2n) is 4.77. The number of hydrogen-bond acceptors (Lipinski definition) is 2. The minimum absolute atomic E-state index is 0.220. The third-order valence-corrected chi connectivity index (χ3v) is 2.98. The van der Waals surface area contributed by atoms with E-state index in [1.807, 2.05) is 31.2 Å². The van der Waals surface area contributed by atoms with Gasteiger partial charge in [-0.3, -0.25) is 0 Å². The fraction of sp³-hybridized carbons (Fsp3) is 0.533. The maximum atomic E-state index is 11.5. The van der Waals surface area contributed by atoms with Crippen LogP contribution in [0, 0.1) is 6.92 Å². The molecular weight excluding hydrogens is 240 g/mol. The van der Waals surface area contributed by atoms with Crippen LogP contribution in [0.25, 0.3) is 0 Å². The van der Waals surface area contributed by atoms with Gasteiger partial charge in [-0.2, -0.15) is 0 Å². The molecule has 0 saturated carbocycles. The lowest BCUT2D eigenvalue weighted by atomic mass is 10.1. The van der Waals surface area contributed by atoms with Crippen molar-refractivity contribution in [3.63, 3.8) is 0 Å². The van der Waals surface area contributed by atoms with Gasteiger partial charge in [0.15, 0.2) is 0 Å².